The van der Waals surface area contributed by atoms with Crippen LogP contribution in [-0.2, 0) is 0 Å². The Balaban J connectivity index is 3.12. The monoisotopic (exact) mass is 214 g/mol. The third kappa shape index (κ3) is 2.15. The van der Waals surface area contributed by atoms with Crippen molar-refractivity contribution in [1.29, 1.82) is 0 Å². The van der Waals surface area contributed by atoms with Crippen molar-refractivity contribution < 1.29 is 4.39 Å². The molecule has 0 saturated carbocycles. The van der Waals surface area contributed by atoms with Crippen LogP contribution < -0.4 is 0 Å². The molecule has 0 radical (unpaired) electrons. The van der Waals surface area contributed by atoms with E-state index in [-0.39, 0.29) is 5.82 Å². The Morgan fingerprint density at radius 1 is 1.45 bits per heavy atom. The molecule has 0 nitrogen and oxygen atoms in total. The van der Waals surface area contributed by atoms with Crippen molar-refractivity contribution in [2.24, 2.45) is 0 Å². The molecule has 2 heteroatoms. The molecule has 0 N–H and O–H groups in total. The molecular formula is C9H8BrF. The minimum Gasteiger partial charge on any atom is -0.206 e. The van der Waals surface area contributed by atoms with Gasteiger partial charge < -0.3 is 0 Å². The molecule has 1 aromatic rings. The highest BCUT2D eigenvalue weighted by Gasteiger charge is 1.96. The fourth-order valence-corrected chi connectivity index (χ4v) is 1.14. The highest BCUT2D eigenvalue weighted by Crippen LogP contribution is 2.12. The van der Waals surface area contributed by atoms with Crippen LogP contribution in [0.15, 0.2) is 23.2 Å². The summed E-state index contributed by atoms with van der Waals surface area (Å²) in [7, 11) is 0. The van der Waals surface area contributed by atoms with Crippen LogP contribution in [0.2, 0.25) is 0 Å². The summed E-state index contributed by atoms with van der Waals surface area (Å²) in [4.78, 5) is 1.64. The van der Waals surface area contributed by atoms with E-state index in [2.05, 4.69) is 15.9 Å². The predicted octanol–water partition coefficient (Wildman–Crippen LogP) is 3.50. The zero-order chi connectivity index (χ0) is 8.27. The van der Waals surface area contributed by atoms with E-state index in [1.54, 1.807) is 23.2 Å². The normalized spacial score (nSPS) is 10.8. The molecule has 0 unspecified atom stereocenters. The first-order chi connectivity index (χ1) is 5.24. The molecule has 0 bridgehead atoms. The maximum atomic E-state index is 12.9. The minimum atomic E-state index is -0.189. The van der Waals surface area contributed by atoms with Gasteiger partial charge in [0.15, 0.2) is 0 Å². The maximum Gasteiger partial charge on any atom is 0.130 e. The number of halogens is 2. The van der Waals surface area contributed by atoms with Crippen molar-refractivity contribution in [1.82, 2.24) is 0 Å². The smallest absolute Gasteiger partial charge is 0.130 e. The van der Waals surface area contributed by atoms with E-state index in [9.17, 15) is 4.39 Å². The van der Waals surface area contributed by atoms with Crippen molar-refractivity contribution >= 4 is 22.0 Å². The molecule has 0 aromatic heterocycles. The molecule has 0 aliphatic rings. The molecule has 0 aliphatic heterocycles. The van der Waals surface area contributed by atoms with Gasteiger partial charge in [-0.15, -0.1) is 0 Å². The zero-order valence-corrected chi connectivity index (χ0v) is 7.73. The summed E-state index contributed by atoms with van der Waals surface area (Å²) in [5, 5.41) is 0. The van der Waals surface area contributed by atoms with Crippen LogP contribution in [0.1, 0.15) is 11.1 Å². The zero-order valence-electron chi connectivity index (χ0n) is 6.14. The summed E-state index contributed by atoms with van der Waals surface area (Å²) in [6.07, 6.45) is 1.68. The summed E-state index contributed by atoms with van der Waals surface area (Å²) >= 11 is 3.10. The molecule has 0 fully saturated rings. The van der Waals surface area contributed by atoms with Gasteiger partial charge in [-0.2, -0.15) is 0 Å². The van der Waals surface area contributed by atoms with Gasteiger partial charge in [0, 0.05) is 5.56 Å². The van der Waals surface area contributed by atoms with E-state index < -0.39 is 0 Å². The van der Waals surface area contributed by atoms with Crippen LogP contribution >= 0.6 is 15.9 Å². The van der Waals surface area contributed by atoms with E-state index in [4.69, 9.17) is 0 Å². The Bertz CT molecular complexity index is 279. The van der Waals surface area contributed by atoms with E-state index >= 15 is 0 Å². The fourth-order valence-electron chi connectivity index (χ4n) is 0.859. The first-order valence-electron chi connectivity index (χ1n) is 3.27. The molecule has 1 aromatic carbocycles. The summed E-state index contributed by atoms with van der Waals surface area (Å²) in [5.41, 5.74) is 1.67. The van der Waals surface area contributed by atoms with Gasteiger partial charge in [0.05, 0.1) is 0 Å². The van der Waals surface area contributed by atoms with E-state index in [1.165, 1.54) is 6.07 Å². The van der Waals surface area contributed by atoms with Crippen LogP contribution in [0.3, 0.4) is 0 Å². The third-order valence-electron chi connectivity index (χ3n) is 1.39. The van der Waals surface area contributed by atoms with Gasteiger partial charge in [0.25, 0.3) is 0 Å². The largest absolute Gasteiger partial charge is 0.206 e. The highest BCUT2D eigenvalue weighted by atomic mass is 79.9. The van der Waals surface area contributed by atoms with E-state index in [1.807, 2.05) is 6.92 Å². The SMILES string of the molecule is Cc1ccc(F)c(/C=C/Br)c1. The van der Waals surface area contributed by atoms with Crippen molar-refractivity contribution in [2.75, 3.05) is 0 Å². The van der Waals surface area contributed by atoms with Gasteiger partial charge >= 0.3 is 0 Å². The molecule has 11 heavy (non-hydrogen) atoms. The molecule has 0 atom stereocenters. The second-order valence-corrected chi connectivity index (χ2v) is 2.85. The van der Waals surface area contributed by atoms with Crippen molar-refractivity contribution in [3.05, 3.63) is 40.1 Å². The number of benzene rings is 1. The Kier molecular flexibility index (Phi) is 2.83. The van der Waals surface area contributed by atoms with Crippen LogP contribution in [-0.4, -0.2) is 0 Å². The first-order valence-corrected chi connectivity index (χ1v) is 4.18. The first kappa shape index (κ1) is 8.47. The fraction of sp³-hybridized carbons (Fsp3) is 0.111. The van der Waals surface area contributed by atoms with Crippen LogP contribution in [0.5, 0.6) is 0 Å². The minimum absolute atomic E-state index is 0.189. The lowest BCUT2D eigenvalue weighted by molar-refractivity contribution is 0.624. The maximum absolute atomic E-state index is 12.9. The van der Waals surface area contributed by atoms with Crippen LogP contribution in [0.4, 0.5) is 4.39 Å². The molecular weight excluding hydrogens is 207 g/mol. The molecule has 1 rings (SSSR count). The molecule has 0 saturated heterocycles. The van der Waals surface area contributed by atoms with Gasteiger partial charge in [0.1, 0.15) is 5.82 Å². The van der Waals surface area contributed by atoms with Gasteiger partial charge in [-0.3, -0.25) is 0 Å². The Morgan fingerprint density at radius 3 is 2.82 bits per heavy atom. The summed E-state index contributed by atoms with van der Waals surface area (Å²) in [5.74, 6) is -0.189. The number of aryl methyl sites for hydroxylation is 1. The van der Waals surface area contributed by atoms with Crippen LogP contribution in [0.25, 0.3) is 6.08 Å². The van der Waals surface area contributed by atoms with Gasteiger partial charge in [-0.1, -0.05) is 27.6 Å². The van der Waals surface area contributed by atoms with Crippen molar-refractivity contribution in [3.63, 3.8) is 0 Å². The number of hydrogen-bond donors (Lipinski definition) is 0. The number of rotatable bonds is 1. The highest BCUT2D eigenvalue weighted by molar-refractivity contribution is 9.11. The Morgan fingerprint density at radius 2 is 2.18 bits per heavy atom. The predicted molar refractivity (Wildman–Crippen MR) is 49.1 cm³/mol. The topological polar surface area (TPSA) is 0 Å². The average molecular weight is 215 g/mol. The summed E-state index contributed by atoms with van der Waals surface area (Å²) < 4.78 is 12.9. The van der Waals surface area contributed by atoms with E-state index in [0.29, 0.717) is 5.56 Å². The second-order valence-electron chi connectivity index (χ2n) is 2.32. The lowest BCUT2D eigenvalue weighted by Crippen LogP contribution is -1.81. The molecule has 0 spiro atoms. The van der Waals surface area contributed by atoms with Gasteiger partial charge in [-0.25, -0.2) is 4.39 Å². The van der Waals surface area contributed by atoms with Crippen LogP contribution in [0, 0.1) is 12.7 Å². The molecule has 0 amide bonds. The average Bonchev–Trinajstić information content (AvgIpc) is 1.98. The quantitative estimate of drug-likeness (QED) is 0.672. The lowest BCUT2D eigenvalue weighted by atomic mass is 10.1. The Hall–Kier alpha value is -0.630. The van der Waals surface area contributed by atoms with E-state index in [0.717, 1.165) is 5.56 Å². The molecule has 0 aliphatic carbocycles. The van der Waals surface area contributed by atoms with Gasteiger partial charge in [-0.05, 0) is 30.1 Å². The molecule has 0 heterocycles. The van der Waals surface area contributed by atoms with Crippen molar-refractivity contribution in [2.45, 2.75) is 6.92 Å². The summed E-state index contributed by atoms with van der Waals surface area (Å²) in [6.45, 7) is 1.94. The lowest BCUT2D eigenvalue weighted by Gasteiger charge is -1.96. The second kappa shape index (κ2) is 3.67. The number of hydrogen-bond acceptors (Lipinski definition) is 0. The molecule has 58 valence electrons. The third-order valence-corrected chi connectivity index (χ3v) is 1.66. The Labute approximate surface area is 73.9 Å². The van der Waals surface area contributed by atoms with Gasteiger partial charge in [0.2, 0.25) is 0 Å². The van der Waals surface area contributed by atoms with Crippen molar-refractivity contribution in [3.8, 4) is 0 Å². The standard InChI is InChI=1S/C9H8BrF/c1-7-2-3-9(11)8(6-7)4-5-10/h2-6H,1H3/b5-4+. The summed E-state index contributed by atoms with van der Waals surface area (Å²) in [6, 6.07) is 5.02.